The smallest absolute Gasteiger partial charge is 0.330 e. The first kappa shape index (κ1) is 18.4. The van der Waals surface area contributed by atoms with Crippen LogP contribution in [0.15, 0.2) is 23.0 Å². The molecule has 7 nitrogen and oxygen atoms in total. The number of aromatic nitrogens is 2. The maximum atomic E-state index is 12.8. The fourth-order valence-corrected chi connectivity index (χ4v) is 3.65. The molecule has 2 heterocycles. The number of benzene rings is 1. The highest BCUT2D eigenvalue weighted by Gasteiger charge is 2.31. The lowest BCUT2D eigenvalue weighted by atomic mass is 10.0. The summed E-state index contributed by atoms with van der Waals surface area (Å²) in [4.78, 5) is 37.4. The van der Waals surface area contributed by atoms with Gasteiger partial charge in [-0.3, -0.25) is 14.2 Å². The van der Waals surface area contributed by atoms with Gasteiger partial charge in [-0.05, 0) is 43.9 Å². The van der Waals surface area contributed by atoms with E-state index in [9.17, 15) is 14.4 Å². The quantitative estimate of drug-likeness (QED) is 0.601. The molecule has 7 heteroatoms. The summed E-state index contributed by atoms with van der Waals surface area (Å²) in [6.07, 6.45) is 6.19. The van der Waals surface area contributed by atoms with Gasteiger partial charge in [-0.15, -0.1) is 0 Å². The molecule has 0 saturated carbocycles. The number of nitrogens with zero attached hydrogens (tertiary/aromatic N) is 3. The topological polar surface area (TPSA) is 90.3 Å². The van der Waals surface area contributed by atoms with Crippen molar-refractivity contribution in [3.8, 4) is 0 Å². The third-order valence-corrected chi connectivity index (χ3v) is 4.98. The average molecular weight is 358 g/mol. The largest absolute Gasteiger partial charge is 0.348 e. The van der Waals surface area contributed by atoms with E-state index in [1.807, 2.05) is 12.1 Å². The van der Waals surface area contributed by atoms with Crippen molar-refractivity contribution in [3.05, 3.63) is 34.2 Å². The normalized spacial score (nSPS) is 15.2. The van der Waals surface area contributed by atoms with Crippen LogP contribution in [-0.4, -0.2) is 27.6 Å². The summed E-state index contributed by atoms with van der Waals surface area (Å²) < 4.78 is 2.79. The Labute approximate surface area is 152 Å². The zero-order chi connectivity index (χ0) is 18.7. The molecule has 1 aliphatic heterocycles. The Morgan fingerprint density at radius 2 is 1.69 bits per heavy atom. The number of amides is 2. The highest BCUT2D eigenvalue weighted by molar-refractivity contribution is 6.11. The van der Waals surface area contributed by atoms with Crippen LogP contribution < -0.4 is 16.4 Å². The number of carbonyl (C=O) groups is 2. The van der Waals surface area contributed by atoms with Gasteiger partial charge in [0.25, 0.3) is 0 Å². The second-order valence-electron chi connectivity index (χ2n) is 6.84. The molecule has 3 rings (SSSR count). The molecule has 0 spiro atoms. The fourth-order valence-electron chi connectivity index (χ4n) is 3.65. The van der Waals surface area contributed by atoms with Crippen molar-refractivity contribution in [2.45, 2.75) is 51.4 Å². The van der Waals surface area contributed by atoms with Crippen LogP contribution in [0, 0.1) is 0 Å². The third-order valence-electron chi connectivity index (χ3n) is 4.98. The Hall–Kier alpha value is -2.41. The molecular formula is C19H26N4O3. The maximum Gasteiger partial charge on any atom is 0.348 e. The summed E-state index contributed by atoms with van der Waals surface area (Å²) in [5.41, 5.74) is 7.63. The zero-order valence-electron chi connectivity index (χ0n) is 15.2. The molecule has 1 aromatic heterocycles. The van der Waals surface area contributed by atoms with Crippen molar-refractivity contribution >= 4 is 22.8 Å². The van der Waals surface area contributed by atoms with Crippen molar-refractivity contribution in [1.82, 2.24) is 9.24 Å². The van der Waals surface area contributed by atoms with Crippen LogP contribution in [0.3, 0.4) is 0 Å². The monoisotopic (exact) mass is 358 g/mol. The minimum Gasteiger partial charge on any atom is -0.330 e. The first-order valence-corrected chi connectivity index (χ1v) is 9.31. The molecular weight excluding hydrogens is 332 g/mol. The third kappa shape index (κ3) is 3.31. The predicted octanol–water partition coefficient (Wildman–Crippen LogP) is 1.58. The minimum atomic E-state index is -0.362. The van der Waals surface area contributed by atoms with Crippen LogP contribution in [0.4, 0.5) is 0 Å². The van der Waals surface area contributed by atoms with Gasteiger partial charge in [-0.25, -0.2) is 4.79 Å². The van der Waals surface area contributed by atoms with Crippen LogP contribution in [0.5, 0.6) is 0 Å². The summed E-state index contributed by atoms with van der Waals surface area (Å²) in [6, 6.07) is 5.69. The molecule has 0 radical (unpaired) electrons. The molecule has 0 atom stereocenters. The van der Waals surface area contributed by atoms with Gasteiger partial charge in [0.15, 0.2) is 0 Å². The molecule has 1 aliphatic rings. The minimum absolute atomic E-state index is 0.287. The molecule has 2 amide bonds. The van der Waals surface area contributed by atoms with E-state index in [4.69, 9.17) is 5.73 Å². The van der Waals surface area contributed by atoms with E-state index in [0.717, 1.165) is 48.2 Å². The number of imide groups is 1. The number of rotatable bonds is 7. The second-order valence-corrected chi connectivity index (χ2v) is 6.84. The van der Waals surface area contributed by atoms with Gasteiger partial charge in [0.2, 0.25) is 11.8 Å². The van der Waals surface area contributed by atoms with E-state index < -0.39 is 0 Å². The van der Waals surface area contributed by atoms with Crippen molar-refractivity contribution < 1.29 is 9.59 Å². The van der Waals surface area contributed by atoms with Crippen LogP contribution >= 0.6 is 0 Å². The van der Waals surface area contributed by atoms with E-state index in [1.165, 1.54) is 4.68 Å². The van der Waals surface area contributed by atoms with Crippen molar-refractivity contribution in [1.29, 1.82) is 0 Å². The highest BCUT2D eigenvalue weighted by atomic mass is 16.2. The van der Waals surface area contributed by atoms with Crippen LogP contribution in [0.1, 0.15) is 50.5 Å². The van der Waals surface area contributed by atoms with Gasteiger partial charge < -0.3 is 5.73 Å². The number of aryl methyl sites for hydroxylation is 2. The number of fused-ring (bicyclic) bond motifs is 1. The summed E-state index contributed by atoms with van der Waals surface area (Å²) in [7, 11) is 1.69. The molecule has 0 bridgehead atoms. The van der Waals surface area contributed by atoms with Gasteiger partial charge in [-0.1, -0.05) is 25.0 Å². The maximum absolute atomic E-state index is 12.8. The first-order valence-electron chi connectivity index (χ1n) is 9.31. The molecule has 1 fully saturated rings. The summed E-state index contributed by atoms with van der Waals surface area (Å²) >= 11 is 0. The summed E-state index contributed by atoms with van der Waals surface area (Å²) in [5.74, 6) is -0.633. The van der Waals surface area contributed by atoms with E-state index in [1.54, 1.807) is 17.7 Å². The Morgan fingerprint density at radius 1 is 1.00 bits per heavy atom. The van der Waals surface area contributed by atoms with Gasteiger partial charge in [-0.2, -0.15) is 9.69 Å². The summed E-state index contributed by atoms with van der Waals surface area (Å²) in [6.45, 7) is 0.713. The van der Waals surface area contributed by atoms with Crippen LogP contribution in [0.25, 0.3) is 11.0 Å². The lowest BCUT2D eigenvalue weighted by Crippen LogP contribution is -2.52. The van der Waals surface area contributed by atoms with Crippen LogP contribution in [0.2, 0.25) is 0 Å². The first-order chi connectivity index (χ1) is 12.6. The van der Waals surface area contributed by atoms with Gasteiger partial charge in [0, 0.05) is 19.9 Å². The Balaban J connectivity index is 1.98. The fraction of sp³-hybridized carbons (Fsp3) is 0.526. The zero-order valence-corrected chi connectivity index (χ0v) is 15.2. The van der Waals surface area contributed by atoms with Crippen LogP contribution in [-0.2, 0) is 23.1 Å². The molecule has 1 aromatic carbocycles. The lowest BCUT2D eigenvalue weighted by molar-refractivity contribution is -0.131. The second kappa shape index (κ2) is 7.86. The van der Waals surface area contributed by atoms with E-state index in [-0.39, 0.29) is 30.3 Å². The number of hydrogen-bond donors (Lipinski definition) is 1. The number of hydrogen-bond acceptors (Lipinski definition) is 4. The lowest BCUT2D eigenvalue weighted by Gasteiger charge is -2.25. The molecule has 1 saturated heterocycles. The number of unbranched alkanes of at least 4 members (excludes halogenated alkanes) is 3. The summed E-state index contributed by atoms with van der Waals surface area (Å²) in [5, 5.41) is 1.03. The highest BCUT2D eigenvalue weighted by Crippen LogP contribution is 2.22. The van der Waals surface area contributed by atoms with E-state index in [0.29, 0.717) is 18.5 Å². The average Bonchev–Trinajstić information content (AvgIpc) is 2.87. The number of para-hydroxylation sites is 1. The van der Waals surface area contributed by atoms with E-state index in [2.05, 4.69) is 0 Å². The molecule has 2 N–H and O–H groups in total. The molecule has 26 heavy (non-hydrogen) atoms. The molecule has 2 aromatic rings. The standard InChI is InChI=1S/C19H26N4O3/c1-21-18-14(8-4-2-3-5-13-20)9-6-10-15(18)22(19(21)26)23-16(24)11-7-12-17(23)25/h6,9-10H,2-5,7-8,11-13,20H2,1H3. The number of nitrogens with two attached hydrogens (primary N) is 1. The van der Waals surface area contributed by atoms with Crippen molar-refractivity contribution in [2.75, 3.05) is 11.6 Å². The molecule has 0 unspecified atom stereocenters. The Morgan fingerprint density at radius 3 is 2.38 bits per heavy atom. The molecule has 140 valence electrons. The SMILES string of the molecule is Cn1c(=O)n(N2C(=O)CCCC2=O)c2cccc(CCCCCCN)c21. The number of imidazole rings is 1. The number of carbonyl (C=O) groups excluding carboxylic acids is 2. The molecule has 0 aliphatic carbocycles. The van der Waals surface area contributed by atoms with Gasteiger partial charge in [0.1, 0.15) is 0 Å². The van der Waals surface area contributed by atoms with Crippen molar-refractivity contribution in [2.24, 2.45) is 12.8 Å². The van der Waals surface area contributed by atoms with E-state index >= 15 is 0 Å². The van der Waals surface area contributed by atoms with Crippen molar-refractivity contribution in [3.63, 3.8) is 0 Å². The van der Waals surface area contributed by atoms with Gasteiger partial charge >= 0.3 is 5.69 Å². The number of piperidine rings is 1. The van der Waals surface area contributed by atoms with Gasteiger partial charge in [0.05, 0.1) is 11.0 Å². The Bertz CT molecular complexity index is 865. The predicted molar refractivity (Wildman–Crippen MR) is 100 cm³/mol. The Kier molecular flexibility index (Phi) is 5.56.